The van der Waals surface area contributed by atoms with Gasteiger partial charge < -0.3 is 40.0 Å². The molecule has 2 aliphatic rings. The predicted octanol–water partition coefficient (Wildman–Crippen LogP) is -0.334. The maximum absolute atomic E-state index is 9.03. The van der Waals surface area contributed by atoms with Crippen molar-refractivity contribution in [3.05, 3.63) is 47.5 Å². The van der Waals surface area contributed by atoms with Gasteiger partial charge in [-0.3, -0.25) is 0 Å². The van der Waals surface area contributed by atoms with Crippen LogP contribution in [0.5, 0.6) is 11.5 Å². The van der Waals surface area contributed by atoms with Crippen molar-refractivity contribution in [3.63, 3.8) is 0 Å². The van der Waals surface area contributed by atoms with Crippen molar-refractivity contribution in [2.24, 2.45) is 11.5 Å². The van der Waals surface area contributed by atoms with E-state index in [1.165, 1.54) is 0 Å². The van der Waals surface area contributed by atoms with Crippen LogP contribution in [0.1, 0.15) is 36.2 Å². The zero-order valence-corrected chi connectivity index (χ0v) is 18.2. The van der Waals surface area contributed by atoms with E-state index in [4.69, 9.17) is 40.0 Å². The summed E-state index contributed by atoms with van der Waals surface area (Å²) in [4.78, 5) is 0. The average molecular weight is 440 g/mol. The molecule has 0 aromatic heterocycles. The summed E-state index contributed by atoms with van der Waals surface area (Å²) in [6.07, 6.45) is 0.977. The zero-order chi connectivity index (χ0) is 22.3. The Hall–Kier alpha value is -2.07. The summed E-state index contributed by atoms with van der Waals surface area (Å²) >= 11 is 0. The van der Waals surface area contributed by atoms with Crippen molar-refractivity contribution in [2.45, 2.75) is 25.0 Å². The first-order valence-electron chi connectivity index (χ1n) is 11.2. The van der Waals surface area contributed by atoms with Crippen LogP contribution in [0.2, 0.25) is 0 Å². The van der Waals surface area contributed by atoms with E-state index in [0.717, 1.165) is 27.8 Å². The van der Waals surface area contributed by atoms with Gasteiger partial charge in [0.2, 0.25) is 0 Å². The SMILES string of the molecule is NCC1OBc2c(OCCCOB3OC(CN)c4cccc(OCCCO)c43)cccc21. The quantitative estimate of drug-likeness (QED) is 0.303. The second-order valence-corrected chi connectivity index (χ2v) is 7.81. The second-order valence-electron chi connectivity index (χ2n) is 7.81. The van der Waals surface area contributed by atoms with E-state index in [1.807, 2.05) is 36.4 Å². The summed E-state index contributed by atoms with van der Waals surface area (Å²) in [5, 5.41) is 9.03. The van der Waals surface area contributed by atoms with Crippen molar-refractivity contribution >= 4 is 25.5 Å². The van der Waals surface area contributed by atoms with Crippen molar-refractivity contribution in [1.29, 1.82) is 0 Å². The summed E-state index contributed by atoms with van der Waals surface area (Å²) in [6, 6.07) is 11.8. The first-order valence-corrected chi connectivity index (χ1v) is 11.2. The normalized spacial score (nSPS) is 18.9. The number of fused-ring (bicyclic) bond motifs is 2. The fourth-order valence-corrected chi connectivity index (χ4v) is 4.14. The lowest BCUT2D eigenvalue weighted by atomic mass is 9.77. The van der Waals surface area contributed by atoms with E-state index in [2.05, 4.69) is 0 Å². The Balaban J connectivity index is 1.32. The van der Waals surface area contributed by atoms with E-state index in [1.54, 1.807) is 0 Å². The Morgan fingerprint density at radius 2 is 1.62 bits per heavy atom. The summed E-state index contributed by atoms with van der Waals surface area (Å²) in [6.45, 7) is 2.31. The molecule has 2 heterocycles. The minimum atomic E-state index is -0.538. The molecule has 10 heteroatoms. The van der Waals surface area contributed by atoms with E-state index in [-0.39, 0.29) is 18.8 Å². The molecule has 2 atom stereocenters. The van der Waals surface area contributed by atoms with E-state index < -0.39 is 7.12 Å². The molecular weight excluding hydrogens is 410 g/mol. The van der Waals surface area contributed by atoms with Gasteiger partial charge in [-0.2, -0.15) is 0 Å². The van der Waals surface area contributed by atoms with Crippen LogP contribution in [-0.4, -0.2) is 59.2 Å². The van der Waals surface area contributed by atoms with Crippen molar-refractivity contribution in [2.75, 3.05) is 39.5 Å². The molecule has 8 nitrogen and oxygen atoms in total. The number of benzene rings is 2. The molecule has 5 N–H and O–H groups in total. The van der Waals surface area contributed by atoms with Crippen LogP contribution in [0, 0.1) is 0 Å². The highest BCUT2D eigenvalue weighted by atomic mass is 16.6. The van der Waals surface area contributed by atoms with Crippen LogP contribution in [0.3, 0.4) is 0 Å². The Labute approximate surface area is 189 Å². The lowest BCUT2D eigenvalue weighted by Gasteiger charge is -2.14. The molecule has 0 saturated carbocycles. The van der Waals surface area contributed by atoms with Crippen LogP contribution >= 0.6 is 0 Å². The maximum Gasteiger partial charge on any atom is 0.498 e. The molecule has 0 bridgehead atoms. The Bertz CT molecular complexity index is 903. The maximum atomic E-state index is 9.03. The molecule has 0 radical (unpaired) electrons. The molecule has 2 unspecified atom stereocenters. The van der Waals surface area contributed by atoms with Gasteiger partial charge in [0.1, 0.15) is 11.5 Å². The van der Waals surface area contributed by atoms with Gasteiger partial charge >= 0.3 is 14.6 Å². The minimum absolute atomic E-state index is 0.0549. The van der Waals surface area contributed by atoms with E-state index in [9.17, 15) is 0 Å². The number of aliphatic hydroxyl groups excluding tert-OH is 1. The zero-order valence-electron chi connectivity index (χ0n) is 18.2. The first-order chi connectivity index (χ1) is 15.8. The van der Waals surface area contributed by atoms with Gasteiger partial charge in [-0.05, 0) is 28.7 Å². The highest BCUT2D eigenvalue weighted by molar-refractivity contribution is 6.64. The number of hydrogen-bond acceptors (Lipinski definition) is 8. The summed E-state index contributed by atoms with van der Waals surface area (Å²) in [5.41, 5.74) is 15.7. The Kier molecular flexibility index (Phi) is 8.07. The average Bonchev–Trinajstić information content (AvgIpc) is 3.41. The lowest BCUT2D eigenvalue weighted by Crippen LogP contribution is -2.34. The monoisotopic (exact) mass is 440 g/mol. The molecule has 170 valence electrons. The van der Waals surface area contributed by atoms with Gasteiger partial charge in [-0.25, -0.2) is 0 Å². The second kappa shape index (κ2) is 11.2. The van der Waals surface area contributed by atoms with Gasteiger partial charge in [-0.15, -0.1) is 0 Å². The first kappa shape index (κ1) is 23.1. The Morgan fingerprint density at radius 1 is 0.906 bits per heavy atom. The molecule has 0 spiro atoms. The Morgan fingerprint density at radius 3 is 2.41 bits per heavy atom. The van der Waals surface area contributed by atoms with Crippen LogP contribution in [0.25, 0.3) is 0 Å². The third kappa shape index (κ3) is 4.96. The number of rotatable bonds is 12. The molecule has 0 saturated heterocycles. The molecule has 2 aliphatic heterocycles. The van der Waals surface area contributed by atoms with Gasteiger partial charge in [0.25, 0.3) is 0 Å². The molecule has 0 fully saturated rings. The highest BCUT2D eigenvalue weighted by Gasteiger charge is 2.39. The number of nitrogens with two attached hydrogens (primary N) is 2. The predicted molar refractivity (Wildman–Crippen MR) is 124 cm³/mol. The summed E-state index contributed by atoms with van der Waals surface area (Å²) in [5.74, 6) is 1.55. The third-order valence-electron chi connectivity index (χ3n) is 5.72. The van der Waals surface area contributed by atoms with Gasteiger partial charge in [0.05, 0.1) is 25.4 Å². The summed E-state index contributed by atoms with van der Waals surface area (Å²) in [7, 11) is -0.0145. The lowest BCUT2D eigenvalue weighted by molar-refractivity contribution is 0.155. The smallest absolute Gasteiger partial charge is 0.494 e. The van der Waals surface area contributed by atoms with E-state index >= 15 is 0 Å². The van der Waals surface area contributed by atoms with Crippen molar-refractivity contribution < 1.29 is 28.5 Å². The molecule has 0 aliphatic carbocycles. The topological polar surface area (TPSA) is 118 Å². The van der Waals surface area contributed by atoms with Crippen LogP contribution in [0.15, 0.2) is 36.4 Å². The van der Waals surface area contributed by atoms with Gasteiger partial charge in [0, 0.05) is 44.6 Å². The van der Waals surface area contributed by atoms with Gasteiger partial charge in [0.15, 0.2) is 0 Å². The van der Waals surface area contributed by atoms with Crippen LogP contribution in [0.4, 0.5) is 0 Å². The molecule has 2 aromatic carbocycles. The van der Waals surface area contributed by atoms with Crippen molar-refractivity contribution in [3.8, 4) is 11.5 Å². The fraction of sp³-hybridized carbons (Fsp3) is 0.455. The van der Waals surface area contributed by atoms with Gasteiger partial charge in [-0.1, -0.05) is 24.3 Å². The molecule has 4 rings (SSSR count). The summed E-state index contributed by atoms with van der Waals surface area (Å²) < 4.78 is 29.7. The fourth-order valence-electron chi connectivity index (χ4n) is 4.14. The molecule has 2 aromatic rings. The molecule has 0 amide bonds. The molecule has 32 heavy (non-hydrogen) atoms. The molecular formula is C22H30B2N2O6. The number of ether oxygens (including phenoxy) is 2. The standard InChI is InChI=1S/C22H30B2N2O6/c25-13-19-15-5-1-7-17(21(15)23-31-19)28-11-4-12-30-24-22-16(20(14-26)32-24)6-2-8-18(22)29-10-3-9-27/h1-2,5-8,19-20,23,27H,3-4,9-14,25-26H2. The van der Waals surface area contributed by atoms with Crippen molar-refractivity contribution in [1.82, 2.24) is 0 Å². The third-order valence-corrected chi connectivity index (χ3v) is 5.72. The van der Waals surface area contributed by atoms with Crippen LogP contribution in [-0.2, 0) is 14.0 Å². The minimum Gasteiger partial charge on any atom is -0.494 e. The van der Waals surface area contributed by atoms with Crippen LogP contribution < -0.4 is 31.9 Å². The number of aliphatic hydroxyl groups is 1. The highest BCUT2D eigenvalue weighted by Crippen LogP contribution is 2.28. The largest absolute Gasteiger partial charge is 0.498 e. The number of hydrogen-bond donors (Lipinski definition) is 3. The van der Waals surface area contributed by atoms with E-state index in [0.29, 0.717) is 59.0 Å².